The topological polar surface area (TPSA) is 52.4 Å². The van der Waals surface area contributed by atoms with E-state index in [-0.39, 0.29) is 10.6 Å². The van der Waals surface area contributed by atoms with Crippen LogP contribution in [0.3, 0.4) is 0 Å². The molecule has 0 spiro atoms. The summed E-state index contributed by atoms with van der Waals surface area (Å²) in [5, 5.41) is 11.2. The van der Waals surface area contributed by atoms with Gasteiger partial charge in [0.1, 0.15) is 0 Å². The van der Waals surface area contributed by atoms with E-state index >= 15 is 0 Å². The minimum Gasteiger partial charge on any atom is -0.377 e. The van der Waals surface area contributed by atoms with Crippen molar-refractivity contribution in [3.05, 3.63) is 39.4 Å². The second-order valence-electron chi connectivity index (χ2n) is 2.94. The van der Waals surface area contributed by atoms with E-state index in [9.17, 15) is 10.1 Å². The van der Waals surface area contributed by atoms with Gasteiger partial charge in [0.15, 0.2) is 0 Å². The molecule has 0 saturated heterocycles. The normalized spacial score (nSPS) is 10.3. The minimum atomic E-state index is -0.369. The van der Waals surface area contributed by atoms with E-state index in [4.69, 9.17) is 4.74 Å². The average molecular weight is 274 g/mol. The van der Waals surface area contributed by atoms with Crippen LogP contribution in [0.25, 0.3) is 0 Å². The van der Waals surface area contributed by atoms with Crippen LogP contribution in [0.5, 0.6) is 0 Å². The predicted octanol–water partition coefficient (Wildman–Crippen LogP) is 3.03. The molecule has 1 rings (SSSR count). The van der Waals surface area contributed by atoms with Gasteiger partial charge in [-0.15, -0.1) is 0 Å². The number of ether oxygens (including phenoxy) is 1. The number of hydrogen-bond acceptors (Lipinski definition) is 3. The van der Waals surface area contributed by atoms with Crippen molar-refractivity contribution >= 4 is 21.6 Å². The number of alkyl halides is 1. The molecule has 0 atom stereocenters. The Hall–Kier alpha value is -0.940. The van der Waals surface area contributed by atoms with Crippen LogP contribution in [0, 0.1) is 10.1 Å². The molecule has 0 aliphatic rings. The van der Waals surface area contributed by atoms with Gasteiger partial charge in [-0.1, -0.05) is 28.1 Å². The highest BCUT2D eigenvalue weighted by Crippen LogP contribution is 2.25. The summed E-state index contributed by atoms with van der Waals surface area (Å²) in [5.41, 5.74) is 1.70. The fourth-order valence-corrected chi connectivity index (χ4v) is 1.94. The maximum Gasteiger partial charge on any atom is 0.273 e. The molecule has 15 heavy (non-hydrogen) atoms. The van der Waals surface area contributed by atoms with Crippen LogP contribution in [0.15, 0.2) is 18.2 Å². The van der Waals surface area contributed by atoms with Gasteiger partial charge in [-0.25, -0.2) is 0 Å². The summed E-state index contributed by atoms with van der Waals surface area (Å²) in [6, 6.07) is 5.03. The van der Waals surface area contributed by atoms with Crippen molar-refractivity contribution in [1.82, 2.24) is 0 Å². The highest BCUT2D eigenvalue weighted by Gasteiger charge is 2.15. The molecule has 0 bridgehead atoms. The smallest absolute Gasteiger partial charge is 0.273 e. The van der Waals surface area contributed by atoms with Crippen LogP contribution < -0.4 is 0 Å². The number of hydrogen-bond donors (Lipinski definition) is 0. The summed E-state index contributed by atoms with van der Waals surface area (Å²) in [5.74, 6) is 0. The summed E-state index contributed by atoms with van der Waals surface area (Å²) in [6.45, 7) is 2.91. The van der Waals surface area contributed by atoms with Gasteiger partial charge in [-0.3, -0.25) is 10.1 Å². The lowest BCUT2D eigenvalue weighted by Gasteiger charge is -2.07. The van der Waals surface area contributed by atoms with Gasteiger partial charge >= 0.3 is 0 Å². The van der Waals surface area contributed by atoms with Crippen molar-refractivity contribution in [2.75, 3.05) is 6.61 Å². The van der Waals surface area contributed by atoms with E-state index in [0.717, 1.165) is 5.56 Å². The standard InChI is InChI=1S/C10H12BrNO3/c1-2-15-7-8-4-3-5-10(12(13)14)9(8)6-11/h3-5H,2,6-7H2,1H3. The Morgan fingerprint density at radius 3 is 2.80 bits per heavy atom. The van der Waals surface area contributed by atoms with Gasteiger partial charge in [0.25, 0.3) is 5.69 Å². The lowest BCUT2D eigenvalue weighted by molar-refractivity contribution is -0.385. The molecule has 1 aromatic rings. The number of nitrogens with zero attached hydrogens (tertiary/aromatic N) is 1. The van der Waals surface area contributed by atoms with Gasteiger partial charge in [-0.05, 0) is 12.5 Å². The minimum absolute atomic E-state index is 0.143. The molecule has 0 unspecified atom stereocenters. The molecule has 0 aliphatic heterocycles. The summed E-state index contributed by atoms with van der Waals surface area (Å²) >= 11 is 3.26. The van der Waals surface area contributed by atoms with Gasteiger partial charge in [-0.2, -0.15) is 0 Å². The van der Waals surface area contributed by atoms with Crippen LogP contribution in [-0.2, 0) is 16.7 Å². The Kier molecular flexibility index (Phi) is 4.71. The highest BCUT2D eigenvalue weighted by molar-refractivity contribution is 9.08. The van der Waals surface area contributed by atoms with Crippen molar-refractivity contribution in [3.63, 3.8) is 0 Å². The van der Waals surface area contributed by atoms with E-state index in [1.54, 1.807) is 6.07 Å². The molecular formula is C10H12BrNO3. The van der Waals surface area contributed by atoms with Crippen LogP contribution >= 0.6 is 15.9 Å². The van der Waals surface area contributed by atoms with Gasteiger partial charge < -0.3 is 4.74 Å². The van der Waals surface area contributed by atoms with Gasteiger partial charge in [0.05, 0.1) is 11.5 Å². The molecule has 0 amide bonds. The first kappa shape index (κ1) is 12.1. The van der Waals surface area contributed by atoms with Gasteiger partial charge in [0, 0.05) is 23.6 Å². The molecule has 0 aliphatic carbocycles. The Bertz CT molecular complexity index is 355. The Balaban J connectivity index is 3.04. The molecular weight excluding hydrogens is 262 g/mol. The van der Waals surface area contributed by atoms with E-state index in [2.05, 4.69) is 15.9 Å². The number of benzene rings is 1. The van der Waals surface area contributed by atoms with Gasteiger partial charge in [0.2, 0.25) is 0 Å². The summed E-state index contributed by atoms with van der Waals surface area (Å²) in [7, 11) is 0. The first-order chi connectivity index (χ1) is 7.20. The summed E-state index contributed by atoms with van der Waals surface area (Å²) < 4.78 is 5.25. The van der Waals surface area contributed by atoms with Crippen molar-refractivity contribution in [1.29, 1.82) is 0 Å². The number of nitro benzene ring substituents is 1. The van der Waals surface area contributed by atoms with Crippen LogP contribution in [0.4, 0.5) is 5.69 Å². The quantitative estimate of drug-likeness (QED) is 0.471. The first-order valence-corrected chi connectivity index (χ1v) is 5.71. The predicted molar refractivity (Wildman–Crippen MR) is 61.1 cm³/mol. The summed E-state index contributed by atoms with van der Waals surface area (Å²) in [4.78, 5) is 10.4. The number of rotatable bonds is 5. The van der Waals surface area contributed by atoms with Crippen LogP contribution in [0.2, 0.25) is 0 Å². The van der Waals surface area contributed by atoms with Crippen molar-refractivity contribution < 1.29 is 9.66 Å². The molecule has 1 aromatic carbocycles. The molecule has 0 radical (unpaired) electrons. The third-order valence-corrected chi connectivity index (χ3v) is 2.60. The molecule has 82 valence electrons. The molecule has 0 fully saturated rings. The Labute approximate surface area is 96.5 Å². The molecule has 5 heteroatoms. The SMILES string of the molecule is CCOCc1cccc([N+](=O)[O-])c1CBr. The Morgan fingerprint density at radius 1 is 1.53 bits per heavy atom. The zero-order valence-electron chi connectivity index (χ0n) is 8.40. The zero-order chi connectivity index (χ0) is 11.3. The van der Waals surface area contributed by atoms with Crippen molar-refractivity contribution in [2.24, 2.45) is 0 Å². The molecule has 4 nitrogen and oxygen atoms in total. The monoisotopic (exact) mass is 273 g/mol. The highest BCUT2D eigenvalue weighted by atomic mass is 79.9. The first-order valence-electron chi connectivity index (χ1n) is 4.59. The molecule has 0 N–H and O–H groups in total. The molecule has 0 aromatic heterocycles. The zero-order valence-corrected chi connectivity index (χ0v) is 9.99. The van der Waals surface area contributed by atoms with Crippen molar-refractivity contribution in [2.45, 2.75) is 18.9 Å². The fourth-order valence-electron chi connectivity index (χ4n) is 1.29. The fraction of sp³-hybridized carbons (Fsp3) is 0.400. The van der Waals surface area contributed by atoms with E-state index in [1.807, 2.05) is 13.0 Å². The van der Waals surface area contributed by atoms with E-state index in [0.29, 0.717) is 24.1 Å². The molecule has 0 heterocycles. The summed E-state index contributed by atoms with van der Waals surface area (Å²) in [6.07, 6.45) is 0. The van der Waals surface area contributed by atoms with E-state index < -0.39 is 0 Å². The lowest BCUT2D eigenvalue weighted by Crippen LogP contribution is -2.00. The number of nitro groups is 1. The van der Waals surface area contributed by atoms with E-state index in [1.165, 1.54) is 6.07 Å². The second kappa shape index (κ2) is 5.82. The number of halogens is 1. The maximum absolute atomic E-state index is 10.8. The third kappa shape index (κ3) is 3.00. The second-order valence-corrected chi connectivity index (χ2v) is 3.50. The van der Waals surface area contributed by atoms with Crippen molar-refractivity contribution in [3.8, 4) is 0 Å². The Morgan fingerprint density at radius 2 is 2.27 bits per heavy atom. The lowest BCUT2D eigenvalue weighted by atomic mass is 10.1. The largest absolute Gasteiger partial charge is 0.377 e. The van der Waals surface area contributed by atoms with Crippen LogP contribution in [-0.4, -0.2) is 11.5 Å². The maximum atomic E-state index is 10.8. The van der Waals surface area contributed by atoms with Crippen LogP contribution in [0.1, 0.15) is 18.1 Å². The third-order valence-electron chi connectivity index (χ3n) is 2.04. The average Bonchev–Trinajstić information content (AvgIpc) is 2.25. The molecule has 0 saturated carbocycles.